The van der Waals surface area contributed by atoms with Crippen molar-refractivity contribution in [2.75, 3.05) is 5.32 Å². The smallest absolute Gasteiger partial charge is 0.133 e. The van der Waals surface area contributed by atoms with Gasteiger partial charge in [-0.1, -0.05) is 30.9 Å². The van der Waals surface area contributed by atoms with E-state index in [9.17, 15) is 0 Å². The number of aromatic nitrogens is 2. The Bertz CT molecular complexity index is 748. The van der Waals surface area contributed by atoms with Crippen molar-refractivity contribution in [2.24, 2.45) is 7.05 Å². The topological polar surface area (TPSA) is 29.9 Å². The zero-order chi connectivity index (χ0) is 16.3. The lowest BCUT2D eigenvalue weighted by atomic mass is 10.1. The van der Waals surface area contributed by atoms with Gasteiger partial charge in [-0.15, -0.1) is 0 Å². The number of hydrogen-bond acceptors (Lipinski definition) is 2. The fourth-order valence-corrected chi connectivity index (χ4v) is 2.06. The van der Waals surface area contributed by atoms with Gasteiger partial charge in [-0.05, 0) is 50.1 Å². The highest BCUT2D eigenvalue weighted by Crippen LogP contribution is 2.20. The molecule has 114 valence electrons. The molecule has 3 heteroatoms. The summed E-state index contributed by atoms with van der Waals surface area (Å²) in [5, 5.41) is 3.32. The molecule has 2 rings (SSSR count). The lowest BCUT2D eigenvalue weighted by Gasteiger charge is -2.09. The van der Waals surface area contributed by atoms with Crippen LogP contribution in [0.5, 0.6) is 0 Å². The SMILES string of the molecule is C=C(C)/C=C\c1nc(C(=C)Nc2ccc(C)c(C)c2)cn1C. The number of anilines is 1. The molecule has 0 radical (unpaired) electrons. The molecule has 0 atom stereocenters. The van der Waals surface area contributed by atoms with Crippen LogP contribution in [0.2, 0.25) is 0 Å². The number of allylic oxidation sites excluding steroid dienone is 2. The van der Waals surface area contributed by atoms with Crippen LogP contribution in [0.4, 0.5) is 5.69 Å². The second kappa shape index (κ2) is 6.48. The standard InChI is InChI=1S/C19H23N3/c1-13(2)7-10-19-21-18(12-22(19)6)16(5)20-17-9-8-14(3)15(4)11-17/h7-12,20H,1,5H2,2-4,6H3/b10-7-. The highest BCUT2D eigenvalue weighted by atomic mass is 15.1. The minimum Gasteiger partial charge on any atom is -0.354 e. The number of aryl methyl sites for hydroxylation is 3. The zero-order valence-corrected chi connectivity index (χ0v) is 13.8. The van der Waals surface area contributed by atoms with Gasteiger partial charge in [-0.25, -0.2) is 4.98 Å². The van der Waals surface area contributed by atoms with Crippen LogP contribution >= 0.6 is 0 Å². The van der Waals surface area contributed by atoms with E-state index in [4.69, 9.17) is 0 Å². The van der Waals surface area contributed by atoms with E-state index < -0.39 is 0 Å². The van der Waals surface area contributed by atoms with Crippen LogP contribution in [0.3, 0.4) is 0 Å². The van der Waals surface area contributed by atoms with Gasteiger partial charge in [0.2, 0.25) is 0 Å². The molecule has 0 unspecified atom stereocenters. The summed E-state index contributed by atoms with van der Waals surface area (Å²) >= 11 is 0. The van der Waals surface area contributed by atoms with Gasteiger partial charge in [0.1, 0.15) is 11.5 Å². The average molecular weight is 293 g/mol. The van der Waals surface area contributed by atoms with Crippen molar-refractivity contribution in [1.82, 2.24) is 9.55 Å². The van der Waals surface area contributed by atoms with Crippen molar-refractivity contribution in [2.45, 2.75) is 20.8 Å². The summed E-state index contributed by atoms with van der Waals surface area (Å²) in [6.45, 7) is 14.1. The summed E-state index contributed by atoms with van der Waals surface area (Å²) < 4.78 is 1.97. The first kappa shape index (κ1) is 15.8. The van der Waals surface area contributed by atoms with Crippen molar-refractivity contribution in [1.29, 1.82) is 0 Å². The molecular weight excluding hydrogens is 270 g/mol. The molecule has 3 nitrogen and oxygen atoms in total. The fourth-order valence-electron chi connectivity index (χ4n) is 2.06. The van der Waals surface area contributed by atoms with Crippen molar-refractivity contribution in [3.8, 4) is 0 Å². The number of nitrogens with one attached hydrogen (secondary N) is 1. The molecule has 22 heavy (non-hydrogen) atoms. The minimum absolute atomic E-state index is 0.786. The maximum absolute atomic E-state index is 4.59. The first-order valence-corrected chi connectivity index (χ1v) is 7.27. The van der Waals surface area contributed by atoms with Gasteiger partial charge in [0.05, 0.1) is 5.70 Å². The molecule has 2 aromatic rings. The van der Waals surface area contributed by atoms with Crippen LogP contribution < -0.4 is 5.32 Å². The highest BCUT2D eigenvalue weighted by molar-refractivity contribution is 5.74. The Morgan fingerprint density at radius 1 is 1.23 bits per heavy atom. The van der Waals surface area contributed by atoms with E-state index in [2.05, 4.69) is 55.5 Å². The van der Waals surface area contributed by atoms with E-state index in [0.29, 0.717) is 0 Å². The number of hydrogen-bond donors (Lipinski definition) is 1. The second-order valence-corrected chi connectivity index (χ2v) is 5.68. The Balaban J connectivity index is 2.17. The van der Waals surface area contributed by atoms with Crippen LogP contribution in [-0.4, -0.2) is 9.55 Å². The monoisotopic (exact) mass is 293 g/mol. The number of nitrogens with zero attached hydrogens (tertiary/aromatic N) is 2. The Labute approximate surface area is 132 Å². The van der Waals surface area contributed by atoms with Crippen LogP contribution in [0, 0.1) is 13.8 Å². The molecule has 0 fully saturated rings. The highest BCUT2D eigenvalue weighted by Gasteiger charge is 2.07. The molecule has 1 aromatic heterocycles. The number of benzene rings is 1. The Morgan fingerprint density at radius 2 is 1.95 bits per heavy atom. The van der Waals surface area contributed by atoms with E-state index in [-0.39, 0.29) is 0 Å². The van der Waals surface area contributed by atoms with Crippen molar-refractivity contribution < 1.29 is 0 Å². The van der Waals surface area contributed by atoms with Crippen LogP contribution in [0.1, 0.15) is 29.6 Å². The first-order valence-electron chi connectivity index (χ1n) is 7.27. The average Bonchev–Trinajstić information content (AvgIpc) is 2.82. The summed E-state index contributed by atoms with van der Waals surface area (Å²) in [6, 6.07) is 6.27. The van der Waals surface area contributed by atoms with Crippen molar-refractivity contribution in [3.63, 3.8) is 0 Å². The molecular formula is C19H23N3. The normalized spacial score (nSPS) is 10.9. The zero-order valence-electron chi connectivity index (χ0n) is 13.8. The molecule has 0 aliphatic rings. The van der Waals surface area contributed by atoms with Crippen molar-refractivity contribution in [3.05, 3.63) is 71.8 Å². The van der Waals surface area contributed by atoms with Gasteiger partial charge in [0.25, 0.3) is 0 Å². The maximum Gasteiger partial charge on any atom is 0.133 e. The van der Waals surface area contributed by atoms with E-state index in [1.54, 1.807) is 0 Å². The van der Waals surface area contributed by atoms with Crippen molar-refractivity contribution >= 4 is 17.5 Å². The van der Waals surface area contributed by atoms with Gasteiger partial charge < -0.3 is 9.88 Å². The first-order chi connectivity index (χ1) is 10.4. The Hall–Kier alpha value is -2.55. The maximum atomic E-state index is 4.59. The summed E-state index contributed by atoms with van der Waals surface area (Å²) in [7, 11) is 1.97. The lowest BCUT2D eigenvalue weighted by molar-refractivity contribution is 0.897. The summed E-state index contributed by atoms with van der Waals surface area (Å²) in [5.41, 5.74) is 6.18. The van der Waals surface area contributed by atoms with Gasteiger partial charge in [-0.2, -0.15) is 0 Å². The predicted molar refractivity (Wildman–Crippen MR) is 95.6 cm³/mol. The molecule has 1 N–H and O–H groups in total. The largest absolute Gasteiger partial charge is 0.354 e. The second-order valence-electron chi connectivity index (χ2n) is 5.68. The summed E-state index contributed by atoms with van der Waals surface area (Å²) in [5.74, 6) is 0.876. The molecule has 0 saturated carbocycles. The summed E-state index contributed by atoms with van der Waals surface area (Å²) in [6.07, 6.45) is 5.87. The van der Waals surface area contributed by atoms with Crippen LogP contribution in [-0.2, 0) is 7.05 Å². The van der Waals surface area contributed by atoms with Crippen LogP contribution in [0.25, 0.3) is 11.8 Å². The quantitative estimate of drug-likeness (QED) is 0.809. The van der Waals surface area contributed by atoms with Gasteiger partial charge >= 0.3 is 0 Å². The molecule has 0 bridgehead atoms. The van der Waals surface area contributed by atoms with E-state index >= 15 is 0 Å². The van der Waals surface area contributed by atoms with E-state index in [1.807, 2.05) is 36.9 Å². The fraction of sp³-hybridized carbons (Fsp3) is 0.211. The van der Waals surface area contributed by atoms with Gasteiger partial charge in [0.15, 0.2) is 0 Å². The van der Waals surface area contributed by atoms with E-state index in [1.165, 1.54) is 11.1 Å². The molecule has 1 aromatic carbocycles. The minimum atomic E-state index is 0.786. The Morgan fingerprint density at radius 3 is 2.59 bits per heavy atom. The predicted octanol–water partition coefficient (Wildman–Crippen LogP) is 4.71. The number of imidazole rings is 1. The Kier molecular flexibility index (Phi) is 4.66. The third-order valence-corrected chi connectivity index (χ3v) is 3.54. The molecule has 0 aliphatic carbocycles. The summed E-state index contributed by atoms with van der Waals surface area (Å²) in [4.78, 5) is 4.59. The van der Waals surface area contributed by atoms with Gasteiger partial charge in [-0.3, -0.25) is 0 Å². The third kappa shape index (κ3) is 3.76. The molecule has 0 amide bonds. The molecule has 0 spiro atoms. The molecule has 0 aliphatic heterocycles. The lowest BCUT2D eigenvalue weighted by Crippen LogP contribution is -1.98. The van der Waals surface area contributed by atoms with Crippen LogP contribution in [0.15, 0.2) is 49.2 Å². The number of rotatable bonds is 5. The van der Waals surface area contributed by atoms with Gasteiger partial charge in [0, 0.05) is 18.9 Å². The third-order valence-electron chi connectivity index (χ3n) is 3.54. The molecule has 1 heterocycles. The molecule has 0 saturated heterocycles. The van der Waals surface area contributed by atoms with E-state index in [0.717, 1.165) is 28.5 Å².